The van der Waals surface area contributed by atoms with E-state index in [0.717, 1.165) is 0 Å². The van der Waals surface area contributed by atoms with Crippen LogP contribution in [0.15, 0.2) is 29.4 Å². The standard InChI is InChI=1S/C22H28FN7O5/c1-13-25-18(21-27-29(2)30(28-21)9-15-11-35-16(10-31)12-34-15)7-19(26-13)22(32)24-8-14-4-5-17(23)20(6-14)33-3/h4-7,15-16,31H,8-12H2,1-3H3,(H,24,32)(H,27,28)/t15-,16?/m1/s1. The van der Waals surface area contributed by atoms with E-state index >= 15 is 0 Å². The molecule has 0 aliphatic carbocycles. The van der Waals surface area contributed by atoms with E-state index < -0.39 is 11.7 Å². The molecule has 0 bridgehead atoms. The number of hydrogen-bond donors (Lipinski definition) is 3. The van der Waals surface area contributed by atoms with Crippen molar-refractivity contribution >= 4 is 11.7 Å². The number of aryl methyl sites for hydroxylation is 1. The smallest absolute Gasteiger partial charge is 0.270 e. The number of benzene rings is 1. The van der Waals surface area contributed by atoms with Gasteiger partial charge < -0.3 is 24.6 Å². The number of hydrazone groups is 1. The van der Waals surface area contributed by atoms with Gasteiger partial charge in [0.1, 0.15) is 29.4 Å². The van der Waals surface area contributed by atoms with Crippen LogP contribution in [-0.4, -0.2) is 89.8 Å². The van der Waals surface area contributed by atoms with E-state index in [4.69, 9.17) is 19.3 Å². The van der Waals surface area contributed by atoms with Crippen molar-refractivity contribution in [2.24, 2.45) is 5.10 Å². The molecule has 12 nitrogen and oxygen atoms in total. The van der Waals surface area contributed by atoms with E-state index in [0.29, 0.717) is 42.7 Å². The largest absolute Gasteiger partial charge is 0.494 e. The molecule has 2 aliphatic rings. The van der Waals surface area contributed by atoms with Crippen molar-refractivity contribution in [3.63, 3.8) is 0 Å². The second-order valence-corrected chi connectivity index (χ2v) is 8.07. The van der Waals surface area contributed by atoms with Crippen LogP contribution in [0.25, 0.3) is 0 Å². The summed E-state index contributed by atoms with van der Waals surface area (Å²) >= 11 is 0. The van der Waals surface area contributed by atoms with Crippen molar-refractivity contribution < 1.29 is 28.5 Å². The second-order valence-electron chi connectivity index (χ2n) is 8.07. The summed E-state index contributed by atoms with van der Waals surface area (Å²) in [6, 6.07) is 5.93. The van der Waals surface area contributed by atoms with Gasteiger partial charge in [-0.15, -0.1) is 10.2 Å². The average molecular weight is 490 g/mol. The molecule has 4 rings (SSSR count). The number of ether oxygens (including phenoxy) is 3. The van der Waals surface area contributed by atoms with Crippen LogP contribution in [0.2, 0.25) is 0 Å². The Morgan fingerprint density at radius 2 is 2.06 bits per heavy atom. The number of aliphatic hydroxyl groups excluding tert-OH is 1. The maximum Gasteiger partial charge on any atom is 0.270 e. The molecule has 3 N–H and O–H groups in total. The van der Waals surface area contributed by atoms with Crippen LogP contribution < -0.4 is 15.5 Å². The van der Waals surface area contributed by atoms with Gasteiger partial charge in [-0.05, 0) is 30.7 Å². The van der Waals surface area contributed by atoms with Gasteiger partial charge in [-0.2, -0.15) is 0 Å². The van der Waals surface area contributed by atoms with Crippen molar-refractivity contribution in [2.45, 2.75) is 25.7 Å². The lowest BCUT2D eigenvalue weighted by Gasteiger charge is -2.32. The van der Waals surface area contributed by atoms with Gasteiger partial charge in [0.05, 0.1) is 33.5 Å². The number of hydrogen-bond acceptors (Lipinski definition) is 11. The van der Waals surface area contributed by atoms with E-state index in [1.54, 1.807) is 36.3 Å². The molecule has 1 amide bonds. The monoisotopic (exact) mass is 489 g/mol. The normalized spacial score (nSPS) is 20.4. The fourth-order valence-electron chi connectivity index (χ4n) is 3.56. The number of aromatic nitrogens is 2. The number of carbonyl (C=O) groups excluding carboxylic acids is 1. The second kappa shape index (κ2) is 10.9. The molecule has 2 aromatic rings. The first-order chi connectivity index (χ1) is 16.9. The number of hydrazine groups is 2. The average Bonchev–Trinajstić information content (AvgIpc) is 3.23. The van der Waals surface area contributed by atoms with E-state index in [9.17, 15) is 9.18 Å². The minimum absolute atomic E-state index is 0.0821. The summed E-state index contributed by atoms with van der Waals surface area (Å²) in [6.45, 7) is 2.86. The van der Waals surface area contributed by atoms with Crippen LogP contribution in [-0.2, 0) is 16.0 Å². The Labute approximate surface area is 201 Å². The highest BCUT2D eigenvalue weighted by Gasteiger charge is 2.29. The molecule has 3 heterocycles. The molecule has 0 spiro atoms. The van der Waals surface area contributed by atoms with Crippen LogP contribution in [0.1, 0.15) is 27.6 Å². The molecule has 2 aliphatic heterocycles. The minimum Gasteiger partial charge on any atom is -0.494 e. The first kappa shape index (κ1) is 24.7. The van der Waals surface area contributed by atoms with Gasteiger partial charge in [0.2, 0.25) is 0 Å². The number of carbonyl (C=O) groups is 1. The van der Waals surface area contributed by atoms with Crippen molar-refractivity contribution in [1.29, 1.82) is 0 Å². The van der Waals surface area contributed by atoms with Crippen LogP contribution in [0, 0.1) is 12.7 Å². The molecule has 35 heavy (non-hydrogen) atoms. The minimum atomic E-state index is -0.473. The first-order valence-electron chi connectivity index (χ1n) is 11.0. The van der Waals surface area contributed by atoms with Gasteiger partial charge in [0, 0.05) is 13.6 Å². The van der Waals surface area contributed by atoms with Crippen LogP contribution in [0.5, 0.6) is 5.75 Å². The van der Waals surface area contributed by atoms with Gasteiger partial charge >= 0.3 is 0 Å². The Kier molecular flexibility index (Phi) is 7.70. The molecular weight excluding hydrogens is 461 g/mol. The summed E-state index contributed by atoms with van der Waals surface area (Å²) in [4.78, 5) is 21.4. The molecule has 1 fully saturated rings. The lowest BCUT2D eigenvalue weighted by Crippen LogP contribution is -2.48. The van der Waals surface area contributed by atoms with Crippen molar-refractivity contribution in [3.8, 4) is 5.75 Å². The lowest BCUT2D eigenvalue weighted by atomic mass is 10.2. The highest BCUT2D eigenvalue weighted by molar-refractivity contribution is 6.00. The number of amides is 1. The summed E-state index contributed by atoms with van der Waals surface area (Å²) < 4.78 is 29.9. The first-order valence-corrected chi connectivity index (χ1v) is 11.0. The number of halogens is 1. The van der Waals surface area contributed by atoms with Crippen LogP contribution in [0.4, 0.5) is 4.39 Å². The fraction of sp³-hybridized carbons (Fsp3) is 0.455. The van der Waals surface area contributed by atoms with E-state index in [-0.39, 0.29) is 36.8 Å². The highest BCUT2D eigenvalue weighted by Crippen LogP contribution is 2.18. The molecular formula is C22H28FN7O5. The third-order valence-electron chi connectivity index (χ3n) is 5.42. The maximum absolute atomic E-state index is 13.6. The molecule has 2 atom stereocenters. The zero-order chi connectivity index (χ0) is 24.9. The Morgan fingerprint density at radius 1 is 1.29 bits per heavy atom. The topological polar surface area (TPSA) is 134 Å². The predicted molar refractivity (Wildman–Crippen MR) is 122 cm³/mol. The number of rotatable bonds is 8. The van der Waals surface area contributed by atoms with Gasteiger partial charge in [-0.25, -0.2) is 19.5 Å². The number of nitrogens with one attached hydrogen (secondary N) is 2. The van der Waals surface area contributed by atoms with E-state index in [1.807, 2.05) is 0 Å². The Hall–Kier alpha value is -3.39. The molecule has 1 aromatic heterocycles. The molecule has 188 valence electrons. The third kappa shape index (κ3) is 6.00. The molecule has 1 unspecified atom stereocenters. The summed E-state index contributed by atoms with van der Waals surface area (Å²) in [5, 5.41) is 19.8. The number of amidine groups is 1. The summed E-state index contributed by atoms with van der Waals surface area (Å²) in [7, 11) is 3.17. The predicted octanol–water partition coefficient (Wildman–Crippen LogP) is -0.0324. The zero-order valence-electron chi connectivity index (χ0n) is 19.7. The number of nitrogens with zero attached hydrogens (tertiary/aromatic N) is 5. The molecule has 1 saturated heterocycles. The SMILES string of the molecule is COc1cc(CNC(=O)c2cc(C3=NN(C[C@@H]4COC(CO)CO4)N(C)N3)nc(C)n2)ccc1F. The van der Waals surface area contributed by atoms with Crippen LogP contribution in [0.3, 0.4) is 0 Å². The maximum atomic E-state index is 13.6. The number of methoxy groups -OCH3 is 1. The number of aliphatic hydroxyl groups is 1. The fourth-order valence-corrected chi connectivity index (χ4v) is 3.56. The van der Waals surface area contributed by atoms with Crippen molar-refractivity contribution in [3.05, 3.63) is 52.9 Å². The quantitative estimate of drug-likeness (QED) is 0.464. The Morgan fingerprint density at radius 3 is 2.77 bits per heavy atom. The lowest BCUT2D eigenvalue weighted by molar-refractivity contribution is -0.163. The summed E-state index contributed by atoms with van der Waals surface area (Å²) in [5.74, 6) is 0.0739. The van der Waals surface area contributed by atoms with Crippen molar-refractivity contribution in [1.82, 2.24) is 30.9 Å². The Bertz CT molecular complexity index is 1090. The molecule has 1 aromatic carbocycles. The van der Waals surface area contributed by atoms with E-state index in [1.165, 1.54) is 19.2 Å². The van der Waals surface area contributed by atoms with Crippen LogP contribution >= 0.6 is 0 Å². The van der Waals surface area contributed by atoms with Gasteiger partial charge in [-0.1, -0.05) is 6.07 Å². The van der Waals surface area contributed by atoms with E-state index in [2.05, 4.69) is 25.8 Å². The third-order valence-corrected chi connectivity index (χ3v) is 5.42. The van der Waals surface area contributed by atoms with Crippen molar-refractivity contribution in [2.75, 3.05) is 40.5 Å². The molecule has 13 heteroatoms. The zero-order valence-corrected chi connectivity index (χ0v) is 19.7. The molecule has 0 radical (unpaired) electrons. The van der Waals surface area contributed by atoms with Gasteiger partial charge in [-0.3, -0.25) is 10.2 Å². The Balaban J connectivity index is 1.42. The summed E-state index contributed by atoms with van der Waals surface area (Å²) in [6.07, 6.45) is -0.526. The highest BCUT2D eigenvalue weighted by atomic mass is 19.1. The molecule has 0 saturated carbocycles. The summed E-state index contributed by atoms with van der Waals surface area (Å²) in [5.41, 5.74) is 4.40. The van der Waals surface area contributed by atoms with Gasteiger partial charge in [0.25, 0.3) is 5.91 Å². The van der Waals surface area contributed by atoms with Gasteiger partial charge in [0.15, 0.2) is 17.4 Å².